The van der Waals surface area contributed by atoms with Crippen molar-refractivity contribution in [3.05, 3.63) is 24.3 Å². The van der Waals surface area contributed by atoms with E-state index in [1.807, 2.05) is 31.1 Å². The Morgan fingerprint density at radius 1 is 1.12 bits per heavy atom. The van der Waals surface area contributed by atoms with Crippen LogP contribution < -0.4 is 4.90 Å². The first-order chi connectivity index (χ1) is 7.67. The lowest BCUT2D eigenvalue weighted by Gasteiger charge is -2.11. The molecule has 0 aromatic heterocycles. The van der Waals surface area contributed by atoms with Gasteiger partial charge in [0.05, 0.1) is 5.69 Å². The Labute approximate surface area is 94.2 Å². The van der Waals surface area contributed by atoms with Crippen molar-refractivity contribution in [1.82, 2.24) is 0 Å². The third-order valence-electron chi connectivity index (χ3n) is 1.90. The van der Waals surface area contributed by atoms with Crippen LogP contribution in [0.3, 0.4) is 0 Å². The minimum absolute atomic E-state index is 0.626. The highest BCUT2D eigenvalue weighted by Crippen LogP contribution is 2.18. The molecule has 5 heteroatoms. The van der Waals surface area contributed by atoms with E-state index in [4.69, 9.17) is 10.5 Å². The van der Waals surface area contributed by atoms with Crippen LogP contribution in [0.15, 0.2) is 34.5 Å². The first kappa shape index (κ1) is 11.7. The van der Waals surface area contributed by atoms with E-state index < -0.39 is 6.04 Å². The maximum Gasteiger partial charge on any atom is 0.242 e. The number of azo groups is 1. The molecule has 80 valence electrons. The van der Waals surface area contributed by atoms with Crippen molar-refractivity contribution in [2.45, 2.75) is 6.04 Å². The fourth-order valence-electron chi connectivity index (χ4n) is 1.02. The molecule has 0 unspecified atom stereocenters. The van der Waals surface area contributed by atoms with Gasteiger partial charge in [-0.1, -0.05) is 0 Å². The molecule has 0 aliphatic heterocycles. The fraction of sp³-hybridized carbons (Fsp3) is 0.273. The summed E-state index contributed by atoms with van der Waals surface area (Å²) in [7, 11) is 3.88. The Kier molecular flexibility index (Phi) is 3.99. The van der Waals surface area contributed by atoms with E-state index in [1.165, 1.54) is 0 Å². The average Bonchev–Trinajstić information content (AvgIpc) is 2.31. The van der Waals surface area contributed by atoms with Crippen molar-refractivity contribution in [2.24, 2.45) is 10.2 Å². The molecular formula is C11H11N5. The lowest BCUT2D eigenvalue weighted by Crippen LogP contribution is -2.07. The molecular weight excluding hydrogens is 202 g/mol. The van der Waals surface area contributed by atoms with Gasteiger partial charge in [-0.25, -0.2) is 0 Å². The molecule has 1 aromatic carbocycles. The second-order valence-corrected chi connectivity index (χ2v) is 3.29. The molecule has 0 aliphatic carbocycles. The molecule has 0 N–H and O–H groups in total. The number of rotatable bonds is 3. The van der Waals surface area contributed by atoms with Gasteiger partial charge in [0.1, 0.15) is 12.1 Å². The van der Waals surface area contributed by atoms with Crippen molar-refractivity contribution < 1.29 is 0 Å². The van der Waals surface area contributed by atoms with E-state index in [-0.39, 0.29) is 0 Å². The van der Waals surface area contributed by atoms with E-state index >= 15 is 0 Å². The molecule has 1 rings (SSSR count). The number of nitrogens with zero attached hydrogens (tertiary/aromatic N) is 5. The first-order valence-electron chi connectivity index (χ1n) is 4.65. The monoisotopic (exact) mass is 213 g/mol. The second-order valence-electron chi connectivity index (χ2n) is 3.29. The molecule has 0 saturated carbocycles. The molecule has 0 radical (unpaired) electrons. The van der Waals surface area contributed by atoms with Crippen LogP contribution in [-0.2, 0) is 0 Å². The van der Waals surface area contributed by atoms with Gasteiger partial charge in [-0.05, 0) is 24.3 Å². The Hall–Kier alpha value is -2.40. The number of hydrogen-bond donors (Lipinski definition) is 0. The quantitative estimate of drug-likeness (QED) is 0.722. The van der Waals surface area contributed by atoms with Gasteiger partial charge in [0.15, 0.2) is 0 Å². The second kappa shape index (κ2) is 5.47. The lowest BCUT2D eigenvalue weighted by molar-refractivity contribution is 0.949. The summed E-state index contributed by atoms with van der Waals surface area (Å²) in [5.41, 5.74) is 1.68. The van der Waals surface area contributed by atoms with Crippen LogP contribution in [0.25, 0.3) is 0 Å². The van der Waals surface area contributed by atoms with E-state index in [0.29, 0.717) is 5.69 Å². The number of anilines is 1. The van der Waals surface area contributed by atoms with Crippen LogP contribution in [0.1, 0.15) is 0 Å². The molecule has 0 saturated heterocycles. The molecule has 5 nitrogen and oxygen atoms in total. The zero-order valence-corrected chi connectivity index (χ0v) is 9.12. The molecule has 0 bridgehead atoms. The molecule has 1 aromatic rings. The van der Waals surface area contributed by atoms with Crippen molar-refractivity contribution in [1.29, 1.82) is 10.5 Å². The van der Waals surface area contributed by atoms with Gasteiger partial charge in [0, 0.05) is 19.8 Å². The highest BCUT2D eigenvalue weighted by Gasteiger charge is 2.00. The number of nitriles is 2. The summed E-state index contributed by atoms with van der Waals surface area (Å²) in [6.45, 7) is 0. The molecule has 0 spiro atoms. The predicted octanol–water partition coefficient (Wildman–Crippen LogP) is 2.25. The smallest absolute Gasteiger partial charge is 0.242 e. The van der Waals surface area contributed by atoms with Gasteiger partial charge in [0.2, 0.25) is 6.04 Å². The molecule has 0 amide bonds. The summed E-state index contributed by atoms with van der Waals surface area (Å²) < 4.78 is 0. The Bertz CT molecular complexity index is 433. The maximum atomic E-state index is 8.49. The summed E-state index contributed by atoms with van der Waals surface area (Å²) in [5, 5.41) is 24.4. The molecule has 0 aliphatic rings. The highest BCUT2D eigenvalue weighted by molar-refractivity contribution is 5.51. The lowest BCUT2D eigenvalue weighted by atomic mass is 10.3. The van der Waals surface area contributed by atoms with Crippen LogP contribution in [0.4, 0.5) is 11.4 Å². The average molecular weight is 213 g/mol. The van der Waals surface area contributed by atoms with Crippen LogP contribution in [-0.4, -0.2) is 20.1 Å². The minimum Gasteiger partial charge on any atom is -0.378 e. The predicted molar refractivity (Wildman–Crippen MR) is 60.3 cm³/mol. The van der Waals surface area contributed by atoms with Gasteiger partial charge in [-0.3, -0.25) is 0 Å². The topological polar surface area (TPSA) is 75.5 Å². The van der Waals surface area contributed by atoms with Gasteiger partial charge < -0.3 is 4.90 Å². The molecule has 0 atom stereocenters. The number of hydrogen-bond acceptors (Lipinski definition) is 5. The number of benzene rings is 1. The summed E-state index contributed by atoms with van der Waals surface area (Å²) in [6, 6.07) is 9.76. The Morgan fingerprint density at radius 3 is 2.12 bits per heavy atom. The standard InChI is InChI=1S/C11H11N5/c1-16(2)11-5-3-9(4-6-11)14-15-10(7-12)8-13/h3-6,10H,1-2H3. The largest absolute Gasteiger partial charge is 0.378 e. The zero-order chi connectivity index (χ0) is 12.0. The van der Waals surface area contributed by atoms with Crippen molar-refractivity contribution in [3.8, 4) is 12.1 Å². The summed E-state index contributed by atoms with van der Waals surface area (Å²) in [6.07, 6.45) is 0. The van der Waals surface area contributed by atoms with Gasteiger partial charge in [0.25, 0.3) is 0 Å². The minimum atomic E-state index is -1.03. The van der Waals surface area contributed by atoms with Crippen LogP contribution in [0.2, 0.25) is 0 Å². The normalized spacial score (nSPS) is 10.1. The summed E-state index contributed by atoms with van der Waals surface area (Å²) >= 11 is 0. The maximum absolute atomic E-state index is 8.49. The van der Waals surface area contributed by atoms with Crippen LogP contribution in [0, 0.1) is 22.7 Å². The molecule has 0 heterocycles. The highest BCUT2D eigenvalue weighted by atomic mass is 15.1. The van der Waals surface area contributed by atoms with Gasteiger partial charge >= 0.3 is 0 Å². The third-order valence-corrected chi connectivity index (χ3v) is 1.90. The molecule has 16 heavy (non-hydrogen) atoms. The van der Waals surface area contributed by atoms with E-state index in [0.717, 1.165) is 5.69 Å². The van der Waals surface area contributed by atoms with E-state index in [1.54, 1.807) is 24.3 Å². The SMILES string of the molecule is CN(C)c1ccc(N=NC(C#N)C#N)cc1. The zero-order valence-electron chi connectivity index (χ0n) is 9.12. The van der Waals surface area contributed by atoms with Gasteiger partial charge in [-0.2, -0.15) is 20.8 Å². The van der Waals surface area contributed by atoms with Crippen molar-refractivity contribution >= 4 is 11.4 Å². The molecule has 0 fully saturated rings. The van der Waals surface area contributed by atoms with Gasteiger partial charge in [-0.15, -0.1) is 0 Å². The summed E-state index contributed by atoms with van der Waals surface area (Å²) in [5.74, 6) is 0. The van der Waals surface area contributed by atoms with Crippen LogP contribution in [0.5, 0.6) is 0 Å². The first-order valence-corrected chi connectivity index (χ1v) is 4.65. The van der Waals surface area contributed by atoms with E-state index in [2.05, 4.69) is 10.2 Å². The van der Waals surface area contributed by atoms with Crippen LogP contribution >= 0.6 is 0 Å². The third kappa shape index (κ3) is 3.07. The van der Waals surface area contributed by atoms with Crippen molar-refractivity contribution in [3.63, 3.8) is 0 Å². The fourth-order valence-corrected chi connectivity index (χ4v) is 1.02. The van der Waals surface area contributed by atoms with Crippen molar-refractivity contribution in [2.75, 3.05) is 19.0 Å². The Morgan fingerprint density at radius 2 is 1.69 bits per heavy atom. The summed E-state index contributed by atoms with van der Waals surface area (Å²) in [4.78, 5) is 1.97. The van der Waals surface area contributed by atoms with E-state index in [9.17, 15) is 0 Å². The Balaban J connectivity index is 2.77.